The smallest absolute Gasteiger partial charge is 0.259 e. The number of benzene rings is 3. The summed E-state index contributed by atoms with van der Waals surface area (Å²) >= 11 is 0. The van der Waals surface area contributed by atoms with E-state index in [1.54, 1.807) is 60.7 Å². The number of ether oxygens (including phenoxy) is 1. The Kier molecular flexibility index (Phi) is 6.58. The molecule has 148 valence electrons. The summed E-state index contributed by atoms with van der Waals surface area (Å²) in [6.45, 7) is 2.57. The molecular weight excluding hydrogens is 371 g/mol. The van der Waals surface area contributed by atoms with Crippen LogP contribution in [-0.4, -0.2) is 18.4 Å². The average molecular weight is 392 g/mol. The summed E-state index contributed by atoms with van der Waals surface area (Å²) in [5.41, 5.74) is 2.12. The van der Waals surface area contributed by atoms with Crippen LogP contribution in [0.4, 0.5) is 10.1 Å². The van der Waals surface area contributed by atoms with Gasteiger partial charge in [0.05, 0.1) is 5.56 Å². The van der Waals surface area contributed by atoms with Crippen LogP contribution in [0, 0.1) is 5.82 Å². The third-order valence-corrected chi connectivity index (χ3v) is 4.16. The fourth-order valence-corrected chi connectivity index (χ4v) is 2.72. The molecule has 0 atom stereocenters. The van der Waals surface area contributed by atoms with Crippen molar-refractivity contribution in [2.24, 2.45) is 0 Å². The third-order valence-electron chi connectivity index (χ3n) is 4.16. The van der Waals surface area contributed by atoms with E-state index in [1.807, 2.05) is 6.92 Å². The minimum atomic E-state index is -0.354. The second-order valence-electron chi connectivity index (χ2n) is 6.31. The Morgan fingerprint density at radius 2 is 1.69 bits per heavy atom. The number of hydrogen-bond acceptors (Lipinski definition) is 3. The van der Waals surface area contributed by atoms with Gasteiger partial charge in [0.15, 0.2) is 0 Å². The summed E-state index contributed by atoms with van der Waals surface area (Å²) in [6.07, 6.45) is 0. The summed E-state index contributed by atoms with van der Waals surface area (Å²) in [4.78, 5) is 24.7. The number of rotatable bonds is 7. The highest BCUT2D eigenvalue weighted by molar-refractivity contribution is 6.06. The van der Waals surface area contributed by atoms with Gasteiger partial charge in [0, 0.05) is 17.8 Å². The van der Waals surface area contributed by atoms with Gasteiger partial charge in [-0.15, -0.1) is 0 Å². The van der Waals surface area contributed by atoms with Crippen molar-refractivity contribution in [1.82, 2.24) is 5.32 Å². The highest BCUT2D eigenvalue weighted by Gasteiger charge is 2.13. The Labute approximate surface area is 168 Å². The summed E-state index contributed by atoms with van der Waals surface area (Å²) in [6, 6.07) is 19.6. The molecule has 0 saturated carbocycles. The molecule has 0 heterocycles. The highest BCUT2D eigenvalue weighted by atomic mass is 19.1. The predicted octanol–water partition coefficient (Wildman–Crippen LogP) is 4.41. The molecule has 0 saturated heterocycles. The maximum absolute atomic E-state index is 13.0. The van der Waals surface area contributed by atoms with E-state index < -0.39 is 0 Å². The average Bonchev–Trinajstić information content (AvgIpc) is 2.74. The zero-order valence-electron chi connectivity index (χ0n) is 15.9. The maximum atomic E-state index is 13.0. The molecule has 2 N–H and O–H groups in total. The van der Waals surface area contributed by atoms with E-state index in [9.17, 15) is 14.0 Å². The molecule has 0 fully saturated rings. The lowest BCUT2D eigenvalue weighted by atomic mass is 10.1. The number of carbonyl (C=O) groups is 2. The number of amides is 2. The van der Waals surface area contributed by atoms with Crippen LogP contribution in [0.5, 0.6) is 5.75 Å². The molecule has 29 heavy (non-hydrogen) atoms. The summed E-state index contributed by atoms with van der Waals surface area (Å²) in [5, 5.41) is 5.52. The summed E-state index contributed by atoms with van der Waals surface area (Å²) < 4.78 is 18.8. The molecule has 0 unspecified atom stereocenters. The largest absolute Gasteiger partial charge is 0.488 e. The van der Waals surface area contributed by atoms with Gasteiger partial charge in [-0.2, -0.15) is 0 Å². The zero-order chi connectivity index (χ0) is 20.6. The van der Waals surface area contributed by atoms with Gasteiger partial charge in [0.25, 0.3) is 11.8 Å². The molecule has 0 radical (unpaired) electrons. The van der Waals surface area contributed by atoms with Crippen LogP contribution < -0.4 is 15.4 Å². The minimum Gasteiger partial charge on any atom is -0.488 e. The molecule has 0 bridgehead atoms. The van der Waals surface area contributed by atoms with Gasteiger partial charge in [-0.3, -0.25) is 9.59 Å². The van der Waals surface area contributed by atoms with E-state index in [1.165, 1.54) is 12.1 Å². The van der Waals surface area contributed by atoms with Crippen molar-refractivity contribution in [2.45, 2.75) is 13.5 Å². The van der Waals surface area contributed by atoms with Gasteiger partial charge in [0.2, 0.25) is 0 Å². The molecule has 3 aromatic rings. The highest BCUT2D eigenvalue weighted by Crippen LogP contribution is 2.21. The molecule has 6 heteroatoms. The Morgan fingerprint density at radius 3 is 2.45 bits per heavy atom. The standard InChI is InChI=1S/C23H21FN2O3/c1-2-25-22(27)17-6-5-7-19(14-17)26-23(28)20-8-3-4-9-21(20)29-15-16-10-12-18(24)13-11-16/h3-14H,2,15H2,1H3,(H,25,27)(H,26,28). The monoisotopic (exact) mass is 392 g/mol. The zero-order valence-corrected chi connectivity index (χ0v) is 15.9. The van der Waals surface area contributed by atoms with Crippen LogP contribution in [0.15, 0.2) is 72.8 Å². The van der Waals surface area contributed by atoms with E-state index in [2.05, 4.69) is 10.6 Å². The van der Waals surface area contributed by atoms with Gasteiger partial charge in [-0.05, 0) is 55.0 Å². The SMILES string of the molecule is CCNC(=O)c1cccc(NC(=O)c2ccccc2OCc2ccc(F)cc2)c1. The van der Waals surface area contributed by atoms with Gasteiger partial charge in [0.1, 0.15) is 18.2 Å². The van der Waals surface area contributed by atoms with Crippen molar-refractivity contribution in [3.63, 3.8) is 0 Å². The van der Waals surface area contributed by atoms with Crippen molar-refractivity contribution in [3.05, 3.63) is 95.3 Å². The first kappa shape index (κ1) is 20.1. The Hall–Kier alpha value is -3.67. The van der Waals surface area contributed by atoms with Crippen molar-refractivity contribution in [2.75, 3.05) is 11.9 Å². The number of hydrogen-bond donors (Lipinski definition) is 2. The molecule has 3 aromatic carbocycles. The molecule has 2 amide bonds. The minimum absolute atomic E-state index is 0.202. The van der Waals surface area contributed by atoms with Crippen LogP contribution in [0.1, 0.15) is 33.2 Å². The number of nitrogens with one attached hydrogen (secondary N) is 2. The van der Waals surface area contributed by atoms with Crippen molar-refractivity contribution >= 4 is 17.5 Å². The molecule has 0 aliphatic rings. The first-order valence-electron chi connectivity index (χ1n) is 9.22. The van der Waals surface area contributed by atoms with Crippen LogP contribution in [0.25, 0.3) is 0 Å². The number of para-hydroxylation sites is 1. The summed E-state index contributed by atoms with van der Waals surface area (Å²) in [7, 11) is 0. The lowest BCUT2D eigenvalue weighted by molar-refractivity contribution is 0.0954. The first-order chi connectivity index (χ1) is 14.1. The van der Waals surface area contributed by atoms with E-state index in [0.717, 1.165) is 5.56 Å². The second kappa shape index (κ2) is 9.50. The quantitative estimate of drug-likeness (QED) is 0.626. The normalized spacial score (nSPS) is 10.3. The summed E-state index contributed by atoms with van der Waals surface area (Å²) in [5.74, 6) is -0.461. The lowest BCUT2D eigenvalue weighted by Gasteiger charge is -2.12. The molecule has 0 spiro atoms. The van der Waals surface area contributed by atoms with E-state index in [0.29, 0.717) is 29.1 Å². The lowest BCUT2D eigenvalue weighted by Crippen LogP contribution is -2.22. The molecule has 3 rings (SSSR count). The number of anilines is 1. The Morgan fingerprint density at radius 1 is 0.931 bits per heavy atom. The van der Waals surface area contributed by atoms with Crippen molar-refractivity contribution in [3.8, 4) is 5.75 Å². The number of halogens is 1. The second-order valence-corrected chi connectivity index (χ2v) is 6.31. The third kappa shape index (κ3) is 5.42. The van der Waals surface area contributed by atoms with Crippen molar-refractivity contribution < 1.29 is 18.7 Å². The van der Waals surface area contributed by atoms with Gasteiger partial charge < -0.3 is 15.4 Å². The molecule has 0 aliphatic heterocycles. The number of carbonyl (C=O) groups excluding carboxylic acids is 2. The van der Waals surface area contributed by atoms with Gasteiger partial charge in [-0.25, -0.2) is 4.39 Å². The fraction of sp³-hybridized carbons (Fsp3) is 0.130. The van der Waals surface area contributed by atoms with Gasteiger partial charge >= 0.3 is 0 Å². The van der Waals surface area contributed by atoms with Crippen LogP contribution in [0.2, 0.25) is 0 Å². The Bertz CT molecular complexity index is 1000. The van der Waals surface area contributed by atoms with E-state index >= 15 is 0 Å². The van der Waals surface area contributed by atoms with Crippen LogP contribution in [-0.2, 0) is 6.61 Å². The predicted molar refractivity (Wildman–Crippen MR) is 110 cm³/mol. The van der Waals surface area contributed by atoms with Crippen molar-refractivity contribution in [1.29, 1.82) is 0 Å². The maximum Gasteiger partial charge on any atom is 0.259 e. The molecule has 0 aromatic heterocycles. The van der Waals surface area contributed by atoms with Crippen LogP contribution >= 0.6 is 0 Å². The van der Waals surface area contributed by atoms with E-state index in [-0.39, 0.29) is 24.2 Å². The van der Waals surface area contributed by atoms with E-state index in [4.69, 9.17) is 4.74 Å². The van der Waals surface area contributed by atoms with Gasteiger partial charge in [-0.1, -0.05) is 30.3 Å². The van der Waals surface area contributed by atoms with Crippen LogP contribution in [0.3, 0.4) is 0 Å². The molecule has 5 nitrogen and oxygen atoms in total. The molecular formula is C23H21FN2O3. The molecule has 0 aliphatic carbocycles. The first-order valence-corrected chi connectivity index (χ1v) is 9.22. The fourth-order valence-electron chi connectivity index (χ4n) is 2.72. The Balaban J connectivity index is 1.72. The topological polar surface area (TPSA) is 67.4 Å².